The lowest BCUT2D eigenvalue weighted by Crippen LogP contribution is -2.25. The number of carbonyl (C=O) groups excluding carboxylic acids is 2. The SMILES string of the molecule is CCOC(=O)CC1(CC(=O)OCC)OC1C. The van der Waals surface area contributed by atoms with E-state index in [1.54, 1.807) is 13.8 Å². The molecule has 0 radical (unpaired) electrons. The van der Waals surface area contributed by atoms with Gasteiger partial charge in [0.15, 0.2) is 0 Å². The molecule has 1 rings (SSSR count). The van der Waals surface area contributed by atoms with Crippen LogP contribution in [0.25, 0.3) is 0 Å². The van der Waals surface area contributed by atoms with Gasteiger partial charge in [0, 0.05) is 0 Å². The largest absolute Gasteiger partial charge is 0.466 e. The van der Waals surface area contributed by atoms with Crippen LogP contribution in [0.1, 0.15) is 33.6 Å². The van der Waals surface area contributed by atoms with Crippen molar-refractivity contribution in [2.75, 3.05) is 13.2 Å². The summed E-state index contributed by atoms with van der Waals surface area (Å²) < 4.78 is 15.0. The molecule has 1 unspecified atom stereocenters. The topological polar surface area (TPSA) is 65.1 Å². The average molecular weight is 230 g/mol. The summed E-state index contributed by atoms with van der Waals surface area (Å²) in [5, 5.41) is 0. The number of hydrogen-bond acceptors (Lipinski definition) is 5. The minimum atomic E-state index is -0.696. The van der Waals surface area contributed by atoms with Gasteiger partial charge in [0.2, 0.25) is 0 Å². The zero-order valence-corrected chi connectivity index (χ0v) is 9.95. The van der Waals surface area contributed by atoms with Gasteiger partial charge in [0.05, 0.1) is 32.2 Å². The van der Waals surface area contributed by atoms with Crippen LogP contribution in [0.15, 0.2) is 0 Å². The average Bonchev–Trinajstić information content (AvgIpc) is 2.75. The van der Waals surface area contributed by atoms with Gasteiger partial charge in [-0.25, -0.2) is 0 Å². The van der Waals surface area contributed by atoms with Crippen LogP contribution in [0.5, 0.6) is 0 Å². The summed E-state index contributed by atoms with van der Waals surface area (Å²) in [6, 6.07) is 0. The lowest BCUT2D eigenvalue weighted by Gasteiger charge is -2.10. The van der Waals surface area contributed by atoms with Gasteiger partial charge in [-0.2, -0.15) is 0 Å². The van der Waals surface area contributed by atoms with Crippen molar-refractivity contribution < 1.29 is 23.8 Å². The molecule has 0 aliphatic carbocycles. The Bertz CT molecular complexity index is 254. The van der Waals surface area contributed by atoms with E-state index in [9.17, 15) is 9.59 Å². The minimum absolute atomic E-state index is 0.0960. The van der Waals surface area contributed by atoms with E-state index in [0.717, 1.165) is 0 Å². The van der Waals surface area contributed by atoms with E-state index < -0.39 is 5.60 Å². The smallest absolute Gasteiger partial charge is 0.308 e. The van der Waals surface area contributed by atoms with Crippen LogP contribution in [0.3, 0.4) is 0 Å². The summed E-state index contributed by atoms with van der Waals surface area (Å²) in [6.07, 6.45) is 0.128. The second kappa shape index (κ2) is 5.30. The Labute approximate surface area is 95.0 Å². The van der Waals surface area contributed by atoms with Crippen molar-refractivity contribution in [1.82, 2.24) is 0 Å². The maximum Gasteiger partial charge on any atom is 0.308 e. The van der Waals surface area contributed by atoms with E-state index in [0.29, 0.717) is 13.2 Å². The maximum atomic E-state index is 11.3. The zero-order valence-electron chi connectivity index (χ0n) is 9.95. The third-order valence-corrected chi connectivity index (χ3v) is 2.59. The Balaban J connectivity index is 2.46. The van der Waals surface area contributed by atoms with Crippen LogP contribution >= 0.6 is 0 Å². The quantitative estimate of drug-likeness (QED) is 0.504. The standard InChI is InChI=1S/C11H18O5/c1-4-14-9(12)6-11(8(3)16-11)7-10(13)15-5-2/h8H,4-7H2,1-3H3. The molecule has 0 aromatic rings. The first kappa shape index (κ1) is 13.0. The van der Waals surface area contributed by atoms with E-state index >= 15 is 0 Å². The van der Waals surface area contributed by atoms with E-state index in [1.807, 2.05) is 6.92 Å². The molecular weight excluding hydrogens is 212 g/mol. The Kier molecular flexibility index (Phi) is 4.29. The summed E-state index contributed by atoms with van der Waals surface area (Å²) in [7, 11) is 0. The highest BCUT2D eigenvalue weighted by Crippen LogP contribution is 2.43. The number of ether oxygens (including phenoxy) is 3. The molecule has 5 nitrogen and oxygen atoms in total. The van der Waals surface area contributed by atoms with Crippen LogP contribution in [0.4, 0.5) is 0 Å². The Morgan fingerprint density at radius 3 is 1.75 bits per heavy atom. The van der Waals surface area contributed by atoms with Gasteiger partial charge in [0.1, 0.15) is 5.60 Å². The molecule has 0 N–H and O–H groups in total. The summed E-state index contributed by atoms with van der Waals surface area (Å²) in [6.45, 7) is 5.99. The zero-order chi connectivity index (χ0) is 12.2. The van der Waals surface area contributed by atoms with Crippen LogP contribution in [0.2, 0.25) is 0 Å². The molecule has 92 valence electrons. The molecule has 0 saturated carbocycles. The van der Waals surface area contributed by atoms with Gasteiger partial charge in [-0.1, -0.05) is 0 Å². The Morgan fingerprint density at radius 1 is 1.12 bits per heavy atom. The van der Waals surface area contributed by atoms with Gasteiger partial charge in [0.25, 0.3) is 0 Å². The Morgan fingerprint density at radius 2 is 1.50 bits per heavy atom. The highest BCUT2D eigenvalue weighted by molar-refractivity contribution is 5.76. The molecule has 0 spiro atoms. The number of carbonyl (C=O) groups is 2. The molecule has 1 aliphatic heterocycles. The maximum absolute atomic E-state index is 11.3. The molecule has 1 saturated heterocycles. The van der Waals surface area contributed by atoms with Gasteiger partial charge in [-0.15, -0.1) is 0 Å². The third-order valence-electron chi connectivity index (χ3n) is 2.59. The first-order chi connectivity index (χ1) is 7.54. The molecule has 0 aromatic heterocycles. The summed E-state index contributed by atoms with van der Waals surface area (Å²) in [5.74, 6) is -0.674. The summed E-state index contributed by atoms with van der Waals surface area (Å²) in [4.78, 5) is 22.7. The minimum Gasteiger partial charge on any atom is -0.466 e. The van der Waals surface area contributed by atoms with E-state index in [1.165, 1.54) is 0 Å². The monoisotopic (exact) mass is 230 g/mol. The van der Waals surface area contributed by atoms with Crippen molar-refractivity contribution in [2.45, 2.75) is 45.3 Å². The van der Waals surface area contributed by atoms with Crippen molar-refractivity contribution in [3.63, 3.8) is 0 Å². The highest BCUT2D eigenvalue weighted by atomic mass is 16.6. The fraction of sp³-hybridized carbons (Fsp3) is 0.818. The van der Waals surface area contributed by atoms with Crippen molar-refractivity contribution in [3.05, 3.63) is 0 Å². The number of rotatable bonds is 6. The van der Waals surface area contributed by atoms with Gasteiger partial charge in [-0.05, 0) is 20.8 Å². The fourth-order valence-electron chi connectivity index (χ4n) is 1.66. The van der Waals surface area contributed by atoms with Crippen molar-refractivity contribution in [3.8, 4) is 0 Å². The summed E-state index contributed by atoms with van der Waals surface area (Å²) >= 11 is 0. The highest BCUT2D eigenvalue weighted by Gasteiger charge is 2.56. The molecule has 1 heterocycles. The van der Waals surface area contributed by atoms with E-state index in [4.69, 9.17) is 14.2 Å². The first-order valence-corrected chi connectivity index (χ1v) is 5.53. The van der Waals surface area contributed by atoms with Crippen molar-refractivity contribution in [2.24, 2.45) is 0 Å². The molecule has 1 aliphatic rings. The van der Waals surface area contributed by atoms with Crippen LogP contribution in [0, 0.1) is 0 Å². The normalized spacial score (nSPS) is 21.3. The molecule has 5 heteroatoms. The van der Waals surface area contributed by atoms with E-state index in [-0.39, 0.29) is 30.9 Å². The predicted molar refractivity (Wildman–Crippen MR) is 55.8 cm³/mol. The lowest BCUT2D eigenvalue weighted by molar-refractivity contribution is -0.147. The molecule has 0 bridgehead atoms. The van der Waals surface area contributed by atoms with Crippen LogP contribution in [-0.2, 0) is 23.8 Å². The second-order valence-corrected chi connectivity index (χ2v) is 3.79. The fourth-order valence-corrected chi connectivity index (χ4v) is 1.66. The summed E-state index contributed by atoms with van der Waals surface area (Å²) in [5.41, 5.74) is -0.696. The molecule has 0 amide bonds. The third kappa shape index (κ3) is 3.20. The van der Waals surface area contributed by atoms with Gasteiger partial charge >= 0.3 is 11.9 Å². The number of esters is 2. The van der Waals surface area contributed by atoms with Crippen LogP contribution in [-0.4, -0.2) is 36.9 Å². The molecule has 1 fully saturated rings. The molecule has 0 aromatic carbocycles. The second-order valence-electron chi connectivity index (χ2n) is 3.79. The lowest BCUT2D eigenvalue weighted by atomic mass is 9.98. The van der Waals surface area contributed by atoms with Gasteiger partial charge in [-0.3, -0.25) is 9.59 Å². The Hall–Kier alpha value is -1.10. The van der Waals surface area contributed by atoms with Crippen molar-refractivity contribution in [1.29, 1.82) is 0 Å². The predicted octanol–water partition coefficient (Wildman–Crippen LogP) is 1.05. The van der Waals surface area contributed by atoms with E-state index in [2.05, 4.69) is 0 Å². The molecular formula is C11H18O5. The van der Waals surface area contributed by atoms with Gasteiger partial charge < -0.3 is 14.2 Å². The number of epoxide rings is 1. The number of hydrogen-bond donors (Lipinski definition) is 0. The molecule has 1 atom stereocenters. The van der Waals surface area contributed by atoms with Crippen molar-refractivity contribution >= 4 is 11.9 Å². The molecule has 16 heavy (non-hydrogen) atoms. The van der Waals surface area contributed by atoms with Crippen LogP contribution < -0.4 is 0 Å². The first-order valence-electron chi connectivity index (χ1n) is 5.53.